The molecule has 0 saturated heterocycles. The molecule has 0 aromatic carbocycles. The molecule has 1 unspecified atom stereocenters. The smallest absolute Gasteiger partial charge is 0.170 e. The van der Waals surface area contributed by atoms with Crippen LogP contribution in [0.4, 0.5) is 13.2 Å². The molecule has 0 amide bonds. The Morgan fingerprint density at radius 2 is 2.00 bits per heavy atom. The van der Waals surface area contributed by atoms with Crippen LogP contribution in [-0.4, -0.2) is 6.18 Å². The largest absolute Gasteiger partial charge is 0.397 e. The Hall–Kier alpha value is -0.440. The van der Waals surface area contributed by atoms with Crippen LogP contribution in [-0.2, 0) is 0 Å². The van der Waals surface area contributed by atoms with Gasteiger partial charge in [-0.2, -0.15) is 13.2 Å². The monoisotopic (exact) mass is 210 g/mol. The summed E-state index contributed by atoms with van der Waals surface area (Å²) in [7, 11) is 0. The van der Waals surface area contributed by atoms with Gasteiger partial charge in [0.1, 0.15) is 0 Å². The van der Waals surface area contributed by atoms with E-state index in [1.54, 1.807) is 6.92 Å². The molecule has 0 fully saturated rings. The molecule has 0 N–H and O–H groups in total. The molecular weight excluding hydrogens is 201 g/mol. The predicted molar refractivity (Wildman–Crippen MR) is 46.5 cm³/mol. The zero-order valence-electron chi connectivity index (χ0n) is 7.37. The van der Waals surface area contributed by atoms with E-state index in [1.165, 1.54) is 6.08 Å². The molecular formula is C9H10ClF3. The minimum absolute atomic E-state index is 0.0292. The normalized spacial score (nSPS) is 29.7. The van der Waals surface area contributed by atoms with Crippen molar-refractivity contribution in [3.63, 3.8) is 0 Å². The lowest BCUT2D eigenvalue weighted by Gasteiger charge is -2.31. The SMILES string of the molecule is CC1=CCC(C)(C(F)(F)F)C=C1Cl. The lowest BCUT2D eigenvalue weighted by Crippen LogP contribution is -2.34. The molecule has 1 aliphatic carbocycles. The minimum Gasteiger partial charge on any atom is -0.170 e. The average Bonchev–Trinajstić information content (AvgIpc) is 1.95. The van der Waals surface area contributed by atoms with Gasteiger partial charge in [0.25, 0.3) is 0 Å². The Bertz CT molecular complexity index is 275. The van der Waals surface area contributed by atoms with Crippen molar-refractivity contribution < 1.29 is 13.2 Å². The molecule has 0 aromatic heterocycles. The molecule has 0 bridgehead atoms. The zero-order chi connectivity index (χ0) is 10.3. The van der Waals surface area contributed by atoms with E-state index in [9.17, 15) is 13.2 Å². The maximum absolute atomic E-state index is 12.5. The van der Waals surface area contributed by atoms with Gasteiger partial charge in [-0.1, -0.05) is 23.8 Å². The van der Waals surface area contributed by atoms with Crippen molar-refractivity contribution in [3.8, 4) is 0 Å². The van der Waals surface area contributed by atoms with Crippen molar-refractivity contribution in [3.05, 3.63) is 22.8 Å². The average molecular weight is 211 g/mol. The van der Waals surface area contributed by atoms with E-state index in [2.05, 4.69) is 0 Å². The molecule has 0 radical (unpaired) electrons. The highest BCUT2D eigenvalue weighted by Crippen LogP contribution is 2.46. The number of hydrogen-bond donors (Lipinski definition) is 0. The van der Waals surface area contributed by atoms with E-state index in [1.807, 2.05) is 0 Å². The van der Waals surface area contributed by atoms with E-state index in [0.29, 0.717) is 5.57 Å². The molecule has 0 nitrogen and oxygen atoms in total. The van der Waals surface area contributed by atoms with Gasteiger partial charge in [0.15, 0.2) is 0 Å². The minimum atomic E-state index is -4.23. The number of halogens is 4. The summed E-state index contributed by atoms with van der Waals surface area (Å²) >= 11 is 5.65. The summed E-state index contributed by atoms with van der Waals surface area (Å²) in [4.78, 5) is 0. The molecule has 4 heteroatoms. The summed E-state index contributed by atoms with van der Waals surface area (Å²) in [5, 5.41) is 0.200. The molecule has 74 valence electrons. The number of allylic oxidation sites excluding steroid dienone is 4. The first kappa shape index (κ1) is 10.6. The summed E-state index contributed by atoms with van der Waals surface area (Å²) in [5.41, 5.74) is -1.09. The zero-order valence-corrected chi connectivity index (χ0v) is 8.13. The third kappa shape index (κ3) is 1.90. The molecule has 0 aromatic rings. The van der Waals surface area contributed by atoms with Crippen molar-refractivity contribution in [2.45, 2.75) is 26.4 Å². The first-order valence-corrected chi connectivity index (χ1v) is 4.26. The third-order valence-electron chi connectivity index (χ3n) is 2.30. The second-order valence-corrected chi connectivity index (χ2v) is 3.91. The van der Waals surface area contributed by atoms with Gasteiger partial charge >= 0.3 is 6.18 Å². The van der Waals surface area contributed by atoms with Crippen LogP contribution in [0.2, 0.25) is 0 Å². The molecule has 0 heterocycles. The van der Waals surface area contributed by atoms with Crippen LogP contribution in [0.5, 0.6) is 0 Å². The van der Waals surface area contributed by atoms with Gasteiger partial charge in [-0.15, -0.1) is 0 Å². The lowest BCUT2D eigenvalue weighted by atomic mass is 9.81. The van der Waals surface area contributed by atoms with Gasteiger partial charge in [-0.3, -0.25) is 0 Å². The van der Waals surface area contributed by atoms with Gasteiger partial charge < -0.3 is 0 Å². The van der Waals surface area contributed by atoms with Crippen LogP contribution < -0.4 is 0 Å². The van der Waals surface area contributed by atoms with E-state index in [0.717, 1.165) is 13.0 Å². The third-order valence-corrected chi connectivity index (χ3v) is 2.71. The Morgan fingerprint density at radius 3 is 2.38 bits per heavy atom. The fraction of sp³-hybridized carbons (Fsp3) is 0.556. The molecule has 0 spiro atoms. The first-order valence-electron chi connectivity index (χ1n) is 3.88. The molecule has 1 aliphatic rings. The summed E-state index contributed by atoms with van der Waals surface area (Å²) in [6.45, 7) is 2.85. The van der Waals surface area contributed by atoms with Gasteiger partial charge in [0, 0.05) is 5.03 Å². The Balaban J connectivity index is 3.01. The fourth-order valence-electron chi connectivity index (χ4n) is 1.11. The molecule has 0 saturated carbocycles. The Kier molecular flexibility index (Phi) is 2.50. The van der Waals surface area contributed by atoms with Crippen molar-refractivity contribution in [1.82, 2.24) is 0 Å². The van der Waals surface area contributed by atoms with Crippen LogP contribution in [0.1, 0.15) is 20.3 Å². The molecule has 0 aliphatic heterocycles. The van der Waals surface area contributed by atoms with E-state index in [4.69, 9.17) is 11.6 Å². The topological polar surface area (TPSA) is 0 Å². The summed E-state index contributed by atoms with van der Waals surface area (Å²) in [6, 6.07) is 0. The van der Waals surface area contributed by atoms with Crippen molar-refractivity contribution in [2.24, 2.45) is 5.41 Å². The van der Waals surface area contributed by atoms with Gasteiger partial charge in [0.2, 0.25) is 0 Å². The Morgan fingerprint density at radius 1 is 1.46 bits per heavy atom. The Labute approximate surface area is 80.1 Å². The molecule has 13 heavy (non-hydrogen) atoms. The first-order chi connectivity index (χ1) is 5.76. The maximum Gasteiger partial charge on any atom is 0.397 e. The van der Waals surface area contributed by atoms with Crippen LogP contribution in [0.25, 0.3) is 0 Å². The second kappa shape index (κ2) is 3.05. The summed E-state index contributed by atoms with van der Waals surface area (Å²) < 4.78 is 37.5. The van der Waals surface area contributed by atoms with Crippen LogP contribution >= 0.6 is 11.6 Å². The highest BCUT2D eigenvalue weighted by atomic mass is 35.5. The molecule has 1 rings (SSSR count). The van der Waals surface area contributed by atoms with E-state index < -0.39 is 11.6 Å². The maximum atomic E-state index is 12.5. The van der Waals surface area contributed by atoms with Crippen molar-refractivity contribution in [2.75, 3.05) is 0 Å². The number of alkyl halides is 3. The molecule has 1 atom stereocenters. The van der Waals surface area contributed by atoms with Gasteiger partial charge in [0.05, 0.1) is 5.41 Å². The highest BCUT2D eigenvalue weighted by molar-refractivity contribution is 6.32. The standard InChI is InChI=1S/C9H10ClF3/c1-6-3-4-8(2,5-7(6)10)9(11,12)13/h3,5H,4H2,1-2H3. The number of rotatable bonds is 0. The lowest BCUT2D eigenvalue weighted by molar-refractivity contribution is -0.199. The quantitative estimate of drug-likeness (QED) is 0.566. The van der Waals surface area contributed by atoms with Crippen LogP contribution in [0.15, 0.2) is 22.8 Å². The van der Waals surface area contributed by atoms with Crippen LogP contribution in [0, 0.1) is 5.41 Å². The van der Waals surface area contributed by atoms with Gasteiger partial charge in [-0.25, -0.2) is 0 Å². The van der Waals surface area contributed by atoms with Crippen molar-refractivity contribution >= 4 is 11.6 Å². The highest BCUT2D eigenvalue weighted by Gasteiger charge is 2.49. The van der Waals surface area contributed by atoms with Crippen molar-refractivity contribution in [1.29, 1.82) is 0 Å². The summed E-state index contributed by atoms with van der Waals surface area (Å²) in [5.74, 6) is 0. The van der Waals surface area contributed by atoms with Gasteiger partial charge in [-0.05, 0) is 25.8 Å². The summed E-state index contributed by atoms with van der Waals surface area (Å²) in [6.07, 6.45) is -1.65. The fourth-order valence-corrected chi connectivity index (χ4v) is 1.43. The second-order valence-electron chi connectivity index (χ2n) is 3.50. The van der Waals surface area contributed by atoms with E-state index >= 15 is 0 Å². The number of hydrogen-bond acceptors (Lipinski definition) is 0. The predicted octanol–water partition coefficient (Wildman–Crippen LogP) is 4.03. The van der Waals surface area contributed by atoms with E-state index in [-0.39, 0.29) is 11.5 Å². The van der Waals surface area contributed by atoms with Crippen LogP contribution in [0.3, 0.4) is 0 Å².